The second kappa shape index (κ2) is 8.42. The Morgan fingerprint density at radius 3 is 2.32 bits per heavy atom. The van der Waals surface area contributed by atoms with Crippen LogP contribution in [-0.4, -0.2) is 46.5 Å². The van der Waals surface area contributed by atoms with E-state index in [-0.39, 0.29) is 11.9 Å². The maximum atomic E-state index is 6.07. The monoisotopic (exact) mass is 441 g/mol. The van der Waals surface area contributed by atoms with E-state index >= 15 is 0 Å². The Hall–Kier alpha value is -0.560. The van der Waals surface area contributed by atoms with Gasteiger partial charge in [-0.25, -0.2) is 4.98 Å². The van der Waals surface area contributed by atoms with Gasteiger partial charge in [0.15, 0.2) is 11.6 Å². The maximum absolute atomic E-state index is 6.07. The van der Waals surface area contributed by atoms with Crippen molar-refractivity contribution in [2.24, 2.45) is 0 Å². The van der Waals surface area contributed by atoms with Gasteiger partial charge in [-0.2, -0.15) is 9.97 Å². The average Bonchev–Trinajstić information content (AvgIpc) is 2.54. The number of alkyl halides is 3. The van der Waals surface area contributed by atoms with Crippen LogP contribution < -0.4 is 5.32 Å². The summed E-state index contributed by atoms with van der Waals surface area (Å²) in [4.78, 5) is 14.9. The quantitative estimate of drug-likeness (QED) is 0.657. The molecule has 10 heteroatoms. The summed E-state index contributed by atoms with van der Waals surface area (Å²) in [6.07, 6.45) is 0. The minimum absolute atomic E-state index is 0.0218. The minimum atomic E-state index is -1.78. The number of anilines is 1. The van der Waals surface area contributed by atoms with Crippen molar-refractivity contribution >= 4 is 64.0 Å². The van der Waals surface area contributed by atoms with Crippen LogP contribution in [0, 0.1) is 0 Å². The highest BCUT2D eigenvalue weighted by atomic mass is 35.6. The van der Waals surface area contributed by atoms with Crippen LogP contribution >= 0.6 is 58.0 Å². The fourth-order valence-corrected chi connectivity index (χ4v) is 2.32. The lowest BCUT2D eigenvalue weighted by molar-refractivity contribution is 0.325. The summed E-state index contributed by atoms with van der Waals surface area (Å²) in [6.45, 7) is 2.67. The summed E-state index contributed by atoms with van der Waals surface area (Å²) in [7, 11) is 3.96. The van der Waals surface area contributed by atoms with E-state index in [1.807, 2.05) is 14.1 Å². The summed E-state index contributed by atoms with van der Waals surface area (Å²) >= 11 is 29.9. The Morgan fingerprint density at radius 2 is 1.76 bits per heavy atom. The van der Waals surface area contributed by atoms with E-state index in [0.717, 1.165) is 0 Å². The van der Waals surface area contributed by atoms with Crippen LogP contribution in [0.1, 0.15) is 12.7 Å². The van der Waals surface area contributed by atoms with Gasteiger partial charge in [0.05, 0.1) is 10.0 Å². The maximum Gasteiger partial charge on any atom is 0.250 e. The summed E-state index contributed by atoms with van der Waals surface area (Å²) in [5.41, 5.74) is 0.635. The van der Waals surface area contributed by atoms with E-state index < -0.39 is 3.79 Å². The molecule has 0 fully saturated rings. The van der Waals surface area contributed by atoms with E-state index in [0.29, 0.717) is 33.9 Å². The van der Waals surface area contributed by atoms with E-state index in [4.69, 9.17) is 58.0 Å². The summed E-state index contributed by atoms with van der Waals surface area (Å²) in [5, 5.41) is 3.95. The Bertz CT molecular complexity index is 748. The Labute approximate surface area is 171 Å². The Balaban J connectivity index is 2.41. The molecule has 0 spiro atoms. The van der Waals surface area contributed by atoms with E-state index in [1.165, 1.54) is 0 Å². The van der Waals surface area contributed by atoms with Crippen LogP contribution in [0.3, 0.4) is 0 Å². The molecule has 1 aromatic carbocycles. The molecule has 1 heterocycles. The number of aromatic nitrogens is 3. The molecule has 1 aromatic heterocycles. The van der Waals surface area contributed by atoms with Crippen molar-refractivity contribution < 1.29 is 0 Å². The lowest BCUT2D eigenvalue weighted by Crippen LogP contribution is -2.32. The van der Waals surface area contributed by atoms with E-state index in [2.05, 4.69) is 32.1 Å². The second-order valence-corrected chi connectivity index (χ2v) is 8.72. The highest BCUT2D eigenvalue weighted by Gasteiger charge is 2.28. The van der Waals surface area contributed by atoms with Gasteiger partial charge >= 0.3 is 0 Å². The summed E-state index contributed by atoms with van der Waals surface area (Å²) in [5.74, 6) is 0.662. The molecule has 0 amide bonds. The molecule has 1 unspecified atom stereocenters. The van der Waals surface area contributed by atoms with Crippen LogP contribution in [0.15, 0.2) is 18.2 Å². The van der Waals surface area contributed by atoms with Gasteiger partial charge in [-0.05, 0) is 39.2 Å². The van der Waals surface area contributed by atoms with Crippen LogP contribution in [-0.2, 0) is 3.79 Å². The number of hydrogen-bond acceptors (Lipinski definition) is 5. The fraction of sp³-hybridized carbons (Fsp3) is 0.400. The number of halogens is 5. The molecule has 0 bridgehead atoms. The molecule has 136 valence electrons. The minimum Gasteiger partial charge on any atom is -0.353 e. The summed E-state index contributed by atoms with van der Waals surface area (Å²) in [6, 6.07) is 5.28. The van der Waals surface area contributed by atoms with Gasteiger partial charge in [0, 0.05) is 18.2 Å². The van der Waals surface area contributed by atoms with Gasteiger partial charge in [-0.1, -0.05) is 58.0 Å². The van der Waals surface area contributed by atoms with Gasteiger partial charge in [-0.15, -0.1) is 0 Å². The number of nitrogens with one attached hydrogen (secondary N) is 1. The van der Waals surface area contributed by atoms with Crippen LogP contribution in [0.25, 0.3) is 11.4 Å². The SMILES string of the molecule is CC(CNc1nc(-c2ccc(Cl)c(Cl)c2)nc(C(Cl)(Cl)Cl)n1)N(C)C. The van der Waals surface area contributed by atoms with Crippen molar-refractivity contribution in [3.8, 4) is 11.4 Å². The van der Waals surface area contributed by atoms with Gasteiger partial charge in [0.25, 0.3) is 0 Å². The lowest BCUT2D eigenvalue weighted by Gasteiger charge is -2.20. The third-order valence-corrected chi connectivity index (χ3v) is 4.75. The third kappa shape index (κ3) is 5.71. The number of rotatable bonds is 5. The first-order valence-corrected chi connectivity index (χ1v) is 9.16. The molecule has 2 aromatic rings. The van der Waals surface area contributed by atoms with Crippen LogP contribution in [0.5, 0.6) is 0 Å². The van der Waals surface area contributed by atoms with Crippen molar-refractivity contribution in [3.63, 3.8) is 0 Å². The van der Waals surface area contributed by atoms with Gasteiger partial charge in [-0.3, -0.25) is 0 Å². The van der Waals surface area contributed by atoms with Crippen LogP contribution in [0.2, 0.25) is 10.0 Å². The van der Waals surface area contributed by atoms with E-state index in [9.17, 15) is 0 Å². The van der Waals surface area contributed by atoms with Crippen molar-refractivity contribution in [1.82, 2.24) is 19.9 Å². The molecule has 0 aliphatic heterocycles. The lowest BCUT2D eigenvalue weighted by atomic mass is 10.2. The Kier molecular flexibility index (Phi) is 6.99. The molecule has 5 nitrogen and oxygen atoms in total. The fourth-order valence-electron chi connectivity index (χ4n) is 1.77. The molecule has 0 radical (unpaired) electrons. The van der Waals surface area contributed by atoms with Gasteiger partial charge < -0.3 is 10.2 Å². The first kappa shape index (κ1) is 20.7. The van der Waals surface area contributed by atoms with Crippen molar-refractivity contribution in [2.75, 3.05) is 26.0 Å². The molecule has 0 saturated heterocycles. The van der Waals surface area contributed by atoms with Crippen molar-refractivity contribution in [2.45, 2.75) is 16.8 Å². The highest BCUT2D eigenvalue weighted by Crippen LogP contribution is 2.37. The molecular formula is C15H16Cl5N5. The first-order chi connectivity index (χ1) is 11.6. The second-order valence-electron chi connectivity index (χ2n) is 5.63. The molecule has 1 atom stereocenters. The largest absolute Gasteiger partial charge is 0.353 e. The third-order valence-electron chi connectivity index (χ3n) is 3.50. The predicted molar refractivity (Wildman–Crippen MR) is 106 cm³/mol. The van der Waals surface area contributed by atoms with Gasteiger partial charge in [0.2, 0.25) is 9.74 Å². The normalized spacial score (nSPS) is 13.2. The molecule has 0 saturated carbocycles. The molecule has 1 N–H and O–H groups in total. The molecule has 0 aliphatic carbocycles. The van der Waals surface area contributed by atoms with Crippen LogP contribution in [0.4, 0.5) is 5.95 Å². The molecule has 25 heavy (non-hydrogen) atoms. The predicted octanol–water partition coefficient (Wildman–Crippen LogP) is 5.03. The number of nitrogens with zero attached hydrogens (tertiary/aromatic N) is 4. The van der Waals surface area contributed by atoms with Crippen molar-refractivity contribution in [1.29, 1.82) is 0 Å². The smallest absolute Gasteiger partial charge is 0.250 e. The summed E-state index contributed by atoms with van der Waals surface area (Å²) < 4.78 is -1.78. The van der Waals surface area contributed by atoms with Gasteiger partial charge in [0.1, 0.15) is 0 Å². The average molecular weight is 444 g/mol. The van der Waals surface area contributed by atoms with E-state index in [1.54, 1.807) is 18.2 Å². The Morgan fingerprint density at radius 1 is 1.08 bits per heavy atom. The number of hydrogen-bond donors (Lipinski definition) is 1. The standard InChI is InChI=1S/C15H16Cl5N5/c1-8(25(2)3)7-21-14-23-12(22-13(24-14)15(18,19)20)9-4-5-10(16)11(17)6-9/h4-6,8H,7H2,1-3H3,(H,21,22,23,24). The molecular weight excluding hydrogens is 427 g/mol. The number of benzene rings is 1. The molecule has 2 rings (SSSR count). The van der Waals surface area contributed by atoms with Crippen molar-refractivity contribution in [3.05, 3.63) is 34.1 Å². The topological polar surface area (TPSA) is 53.9 Å². The zero-order valence-electron chi connectivity index (χ0n) is 13.7. The molecule has 0 aliphatic rings. The number of likely N-dealkylation sites (N-methyl/N-ethyl adjacent to an activating group) is 1. The first-order valence-electron chi connectivity index (χ1n) is 7.27. The zero-order chi connectivity index (χ0) is 18.8. The zero-order valence-corrected chi connectivity index (χ0v) is 17.5. The highest BCUT2D eigenvalue weighted by molar-refractivity contribution is 6.66.